The summed E-state index contributed by atoms with van der Waals surface area (Å²) < 4.78 is 0. The topological polar surface area (TPSA) is 108 Å². The highest BCUT2D eigenvalue weighted by Crippen LogP contribution is 2.31. The highest BCUT2D eigenvalue weighted by molar-refractivity contribution is 5.92. The highest BCUT2D eigenvalue weighted by atomic mass is 16.2. The first-order chi connectivity index (χ1) is 19.6. The number of aromatic nitrogens is 1. The number of urea groups is 1. The molecule has 1 aliphatic heterocycles. The van der Waals surface area contributed by atoms with Gasteiger partial charge >= 0.3 is 6.03 Å². The molecule has 0 radical (unpaired) electrons. The van der Waals surface area contributed by atoms with Gasteiger partial charge in [0.15, 0.2) is 0 Å². The molecule has 3 aromatic rings. The summed E-state index contributed by atoms with van der Waals surface area (Å²) in [6.45, 7) is 2.23. The average molecular weight is 534 g/mol. The molecule has 2 aliphatic rings. The number of amides is 2. The predicted octanol–water partition coefficient (Wildman–Crippen LogP) is 5.83. The van der Waals surface area contributed by atoms with Crippen LogP contribution in [0.15, 0.2) is 72.9 Å². The van der Waals surface area contributed by atoms with Crippen LogP contribution in [-0.2, 0) is 6.54 Å². The van der Waals surface area contributed by atoms with Crippen LogP contribution in [0.5, 0.6) is 0 Å². The van der Waals surface area contributed by atoms with Crippen LogP contribution in [0.1, 0.15) is 49.7 Å². The summed E-state index contributed by atoms with van der Waals surface area (Å²) in [7, 11) is 0. The number of piperidine rings is 1. The first-order valence-electron chi connectivity index (χ1n) is 14.1. The molecule has 204 valence electrons. The maximum absolute atomic E-state index is 13.6. The average Bonchev–Trinajstić information content (AvgIpc) is 3.02. The van der Waals surface area contributed by atoms with E-state index in [2.05, 4.69) is 56.9 Å². The molecule has 2 fully saturated rings. The van der Waals surface area contributed by atoms with E-state index in [1.807, 2.05) is 41.3 Å². The molecule has 0 bridgehead atoms. The van der Waals surface area contributed by atoms with Crippen molar-refractivity contribution in [2.75, 3.05) is 28.2 Å². The summed E-state index contributed by atoms with van der Waals surface area (Å²) in [6, 6.07) is 26.7. The van der Waals surface area contributed by atoms with E-state index >= 15 is 0 Å². The molecule has 1 aliphatic carbocycles. The van der Waals surface area contributed by atoms with Crippen LogP contribution < -0.4 is 20.4 Å². The Bertz CT molecular complexity index is 1330. The van der Waals surface area contributed by atoms with Crippen LogP contribution in [0.25, 0.3) is 0 Å². The van der Waals surface area contributed by atoms with E-state index in [0.717, 1.165) is 74.4 Å². The lowest BCUT2D eigenvalue weighted by atomic mass is 9.90. The summed E-state index contributed by atoms with van der Waals surface area (Å²) in [4.78, 5) is 22.2. The summed E-state index contributed by atoms with van der Waals surface area (Å²) in [5, 5.41) is 24.9. The Kier molecular flexibility index (Phi) is 8.78. The number of anilines is 3. The number of rotatable bonds is 7. The minimum absolute atomic E-state index is 0.0833. The van der Waals surface area contributed by atoms with Gasteiger partial charge in [-0.15, -0.1) is 0 Å². The number of carbonyl (C=O) groups is 1. The zero-order valence-electron chi connectivity index (χ0n) is 22.7. The van der Waals surface area contributed by atoms with Crippen LogP contribution in [0.3, 0.4) is 0 Å². The molecule has 2 N–H and O–H groups in total. The fraction of sp³-hybridized carbons (Fsp3) is 0.375. The van der Waals surface area contributed by atoms with Crippen molar-refractivity contribution in [3.8, 4) is 12.1 Å². The van der Waals surface area contributed by atoms with Crippen LogP contribution in [0.4, 0.5) is 22.0 Å². The fourth-order valence-electron chi connectivity index (χ4n) is 5.68. The van der Waals surface area contributed by atoms with E-state index in [0.29, 0.717) is 12.1 Å². The Morgan fingerprint density at radius 1 is 0.925 bits per heavy atom. The predicted molar refractivity (Wildman–Crippen MR) is 157 cm³/mol. The maximum Gasteiger partial charge on any atom is 0.322 e. The van der Waals surface area contributed by atoms with Gasteiger partial charge < -0.3 is 15.5 Å². The van der Waals surface area contributed by atoms with E-state index in [1.165, 1.54) is 0 Å². The van der Waals surface area contributed by atoms with Crippen molar-refractivity contribution in [1.82, 2.24) is 10.3 Å². The van der Waals surface area contributed by atoms with E-state index in [-0.39, 0.29) is 24.0 Å². The molecule has 0 unspecified atom stereocenters. The van der Waals surface area contributed by atoms with Gasteiger partial charge in [-0.2, -0.15) is 10.5 Å². The summed E-state index contributed by atoms with van der Waals surface area (Å²) >= 11 is 0. The van der Waals surface area contributed by atoms with E-state index < -0.39 is 0 Å². The van der Waals surface area contributed by atoms with E-state index in [4.69, 9.17) is 5.26 Å². The molecule has 1 saturated carbocycles. The van der Waals surface area contributed by atoms with Gasteiger partial charge in [-0.3, -0.25) is 4.90 Å². The van der Waals surface area contributed by atoms with Crippen LogP contribution in [-0.4, -0.2) is 36.2 Å². The Balaban J connectivity index is 1.26. The molecule has 1 saturated heterocycles. The number of nitrogens with zero attached hydrogens (tertiary/aromatic N) is 5. The molecule has 2 heterocycles. The smallest absolute Gasteiger partial charge is 0.322 e. The molecular weight excluding hydrogens is 498 g/mol. The zero-order chi connectivity index (χ0) is 27.7. The van der Waals surface area contributed by atoms with Gasteiger partial charge in [0.1, 0.15) is 11.9 Å². The van der Waals surface area contributed by atoms with Crippen molar-refractivity contribution in [3.63, 3.8) is 0 Å². The molecule has 40 heavy (non-hydrogen) atoms. The monoisotopic (exact) mass is 533 g/mol. The normalized spacial score (nSPS) is 19.2. The Labute approximate surface area is 236 Å². The number of hydrogen-bond donors (Lipinski definition) is 2. The number of nitrogens with one attached hydrogen (secondary N) is 2. The minimum Gasteiger partial charge on any atom is -0.371 e. The Morgan fingerprint density at radius 2 is 1.65 bits per heavy atom. The third-order valence-corrected chi connectivity index (χ3v) is 7.98. The molecule has 0 atom stereocenters. The van der Waals surface area contributed by atoms with E-state index in [1.54, 1.807) is 12.3 Å². The van der Waals surface area contributed by atoms with Gasteiger partial charge in [0.2, 0.25) is 0 Å². The van der Waals surface area contributed by atoms with Crippen LogP contribution in [0.2, 0.25) is 0 Å². The third-order valence-electron chi connectivity index (χ3n) is 7.98. The van der Waals surface area contributed by atoms with Crippen molar-refractivity contribution in [1.29, 1.82) is 10.5 Å². The molecule has 1 aromatic heterocycles. The molecule has 2 amide bonds. The molecular formula is C32H35N7O. The molecule has 8 heteroatoms. The Morgan fingerprint density at radius 3 is 2.27 bits per heavy atom. The summed E-state index contributed by atoms with van der Waals surface area (Å²) in [6.07, 6.45) is 6.94. The fourth-order valence-corrected chi connectivity index (χ4v) is 5.68. The second-order valence-corrected chi connectivity index (χ2v) is 10.6. The summed E-state index contributed by atoms with van der Waals surface area (Å²) in [5.74, 6) is 0.922. The lowest BCUT2D eigenvalue weighted by molar-refractivity contribution is 0.240. The molecule has 5 rings (SSSR count). The maximum atomic E-state index is 13.6. The third kappa shape index (κ3) is 6.71. The SMILES string of the molecule is N#Cc1ccc(N[C@H]2CC[C@H](N(C(=O)NCc3ccccc3)c3ccc(N4CCC(C#N)CC4)cc3)CC2)nc1. The number of carbonyl (C=O) groups excluding carboxylic acids is 1. The molecule has 2 aromatic carbocycles. The van der Waals surface area contributed by atoms with Crippen molar-refractivity contribution in [3.05, 3.63) is 84.1 Å². The highest BCUT2D eigenvalue weighted by Gasteiger charge is 2.30. The lowest BCUT2D eigenvalue weighted by Gasteiger charge is -2.37. The van der Waals surface area contributed by atoms with E-state index in [9.17, 15) is 10.1 Å². The number of nitriles is 2. The lowest BCUT2D eigenvalue weighted by Crippen LogP contribution is -2.48. The van der Waals surface area contributed by atoms with Crippen molar-refractivity contribution in [2.24, 2.45) is 5.92 Å². The number of pyridine rings is 1. The first-order valence-corrected chi connectivity index (χ1v) is 14.1. The van der Waals surface area contributed by atoms with Gasteiger partial charge in [-0.25, -0.2) is 9.78 Å². The molecule has 8 nitrogen and oxygen atoms in total. The van der Waals surface area contributed by atoms with Crippen molar-refractivity contribution >= 4 is 23.2 Å². The quantitative estimate of drug-likeness (QED) is 0.395. The minimum atomic E-state index is -0.0865. The second-order valence-electron chi connectivity index (χ2n) is 10.6. The van der Waals surface area contributed by atoms with Gasteiger partial charge in [0, 0.05) is 55.2 Å². The number of hydrogen-bond acceptors (Lipinski definition) is 6. The first kappa shape index (κ1) is 27.0. The van der Waals surface area contributed by atoms with Crippen molar-refractivity contribution in [2.45, 2.75) is 57.2 Å². The second kappa shape index (κ2) is 13.0. The molecule has 0 spiro atoms. The summed E-state index contributed by atoms with van der Waals surface area (Å²) in [5.41, 5.74) is 3.64. The van der Waals surface area contributed by atoms with Gasteiger partial charge in [-0.1, -0.05) is 30.3 Å². The largest absolute Gasteiger partial charge is 0.371 e. The van der Waals surface area contributed by atoms with Gasteiger partial charge in [0.05, 0.1) is 11.6 Å². The van der Waals surface area contributed by atoms with Crippen LogP contribution >= 0.6 is 0 Å². The van der Waals surface area contributed by atoms with Gasteiger partial charge in [-0.05, 0) is 80.5 Å². The van der Waals surface area contributed by atoms with Crippen molar-refractivity contribution < 1.29 is 4.79 Å². The standard InChI is InChI=1S/C32H35N7O/c33-20-24-16-18-38(19-17-24)28-11-13-30(14-12-28)39(32(40)36-22-25-4-2-1-3-5-25)29-9-7-27(8-10-29)37-31-15-6-26(21-34)23-35-31/h1-6,11-15,23-24,27,29H,7-10,16-19,22H2,(H,35,37)(H,36,40)/t27-,29-. The zero-order valence-corrected chi connectivity index (χ0v) is 22.7. The van der Waals surface area contributed by atoms with Gasteiger partial charge in [0.25, 0.3) is 0 Å². The van der Waals surface area contributed by atoms with Crippen LogP contribution in [0, 0.1) is 28.6 Å². The Hall–Kier alpha value is -4.56. The number of benzene rings is 2.